The normalized spacial score (nSPS) is 13.3. The van der Waals surface area contributed by atoms with E-state index in [9.17, 15) is 9.59 Å². The first-order valence-corrected chi connectivity index (χ1v) is 13.2. The maximum Gasteiger partial charge on any atom is 0.251 e. The number of aryl methyl sites for hydroxylation is 1. The van der Waals surface area contributed by atoms with Crippen molar-refractivity contribution < 1.29 is 14.3 Å². The van der Waals surface area contributed by atoms with E-state index in [4.69, 9.17) is 10.5 Å². The lowest BCUT2D eigenvalue weighted by molar-refractivity contribution is 0.0938. The minimum absolute atomic E-state index is 0.0971. The molecule has 3 N–H and O–H groups in total. The minimum atomic E-state index is -0.429. The largest absolute Gasteiger partial charge is 0.496 e. The molecule has 6 nitrogen and oxygen atoms in total. The van der Waals surface area contributed by atoms with Gasteiger partial charge in [0.25, 0.3) is 5.91 Å². The molecule has 1 atom stereocenters. The third-order valence-electron chi connectivity index (χ3n) is 7.34. The van der Waals surface area contributed by atoms with Gasteiger partial charge in [-0.15, -0.1) is 0 Å². The van der Waals surface area contributed by atoms with Crippen LogP contribution in [-0.4, -0.2) is 25.5 Å². The number of anilines is 1. The lowest BCUT2D eigenvalue weighted by atomic mass is 9.96. The fraction of sp³-hybridized carbons (Fsp3) is 0.212. The maximum absolute atomic E-state index is 13.1. The Labute approximate surface area is 229 Å². The van der Waals surface area contributed by atoms with E-state index in [-0.39, 0.29) is 11.9 Å². The monoisotopic (exact) mass is 519 g/mol. The molecule has 198 valence electrons. The van der Waals surface area contributed by atoms with Gasteiger partial charge in [0.1, 0.15) is 5.75 Å². The van der Waals surface area contributed by atoms with Gasteiger partial charge in [0.05, 0.1) is 13.2 Å². The smallest absolute Gasteiger partial charge is 0.251 e. The van der Waals surface area contributed by atoms with Gasteiger partial charge in [0.2, 0.25) is 5.91 Å². The van der Waals surface area contributed by atoms with Crippen LogP contribution in [0.1, 0.15) is 56.8 Å². The first kappa shape index (κ1) is 26.0. The molecule has 6 heteroatoms. The molecule has 0 fully saturated rings. The molecule has 0 aliphatic carbocycles. The molecule has 4 aromatic carbocycles. The molecule has 0 unspecified atom stereocenters. The van der Waals surface area contributed by atoms with Crippen molar-refractivity contribution in [3.05, 3.63) is 119 Å². The van der Waals surface area contributed by atoms with Gasteiger partial charge in [-0.2, -0.15) is 0 Å². The molecule has 1 heterocycles. The first-order chi connectivity index (χ1) is 18.9. The lowest BCUT2D eigenvalue weighted by Gasteiger charge is -2.32. The molecule has 4 aromatic rings. The molecular formula is C33H33N3O3. The van der Waals surface area contributed by atoms with Crippen LogP contribution in [0.3, 0.4) is 0 Å². The summed E-state index contributed by atoms with van der Waals surface area (Å²) in [6.07, 6.45) is 1.97. The Bertz CT molecular complexity index is 1500. The van der Waals surface area contributed by atoms with Gasteiger partial charge in [0, 0.05) is 35.5 Å². The third-order valence-corrected chi connectivity index (χ3v) is 7.34. The number of carbonyl (C=O) groups excluding carboxylic acids is 2. The highest BCUT2D eigenvalue weighted by molar-refractivity contribution is 5.99. The van der Waals surface area contributed by atoms with Crippen LogP contribution < -0.4 is 20.7 Å². The van der Waals surface area contributed by atoms with E-state index in [2.05, 4.69) is 28.4 Å². The Hall–Kier alpha value is -4.58. The summed E-state index contributed by atoms with van der Waals surface area (Å²) in [5.74, 6) is 0.235. The zero-order valence-corrected chi connectivity index (χ0v) is 22.3. The van der Waals surface area contributed by atoms with Crippen LogP contribution in [0.15, 0.2) is 91.0 Å². The van der Waals surface area contributed by atoms with Crippen molar-refractivity contribution in [2.45, 2.75) is 32.4 Å². The fourth-order valence-electron chi connectivity index (χ4n) is 5.32. The van der Waals surface area contributed by atoms with Gasteiger partial charge in [-0.05, 0) is 72.4 Å². The van der Waals surface area contributed by atoms with E-state index in [1.807, 2.05) is 73.7 Å². The van der Waals surface area contributed by atoms with Gasteiger partial charge >= 0.3 is 0 Å². The summed E-state index contributed by atoms with van der Waals surface area (Å²) in [7, 11) is 1.64. The number of nitrogens with one attached hydrogen (secondary N) is 1. The summed E-state index contributed by atoms with van der Waals surface area (Å²) in [5.41, 5.74) is 13.0. The number of hydrogen-bond acceptors (Lipinski definition) is 4. The summed E-state index contributed by atoms with van der Waals surface area (Å²) in [4.78, 5) is 27.3. The number of primary amides is 1. The Balaban J connectivity index is 1.29. The first-order valence-electron chi connectivity index (χ1n) is 13.2. The lowest BCUT2D eigenvalue weighted by Crippen LogP contribution is -2.30. The molecule has 39 heavy (non-hydrogen) atoms. The fourth-order valence-corrected chi connectivity index (χ4v) is 5.32. The summed E-state index contributed by atoms with van der Waals surface area (Å²) in [5, 5.41) is 3.11. The van der Waals surface area contributed by atoms with Crippen molar-refractivity contribution >= 4 is 17.5 Å². The van der Waals surface area contributed by atoms with Crippen molar-refractivity contribution in [2.75, 3.05) is 18.6 Å². The predicted octanol–water partition coefficient (Wildman–Crippen LogP) is 5.90. The number of benzene rings is 4. The van der Waals surface area contributed by atoms with E-state index in [1.54, 1.807) is 13.2 Å². The Kier molecular flexibility index (Phi) is 7.64. The topological polar surface area (TPSA) is 84.7 Å². The molecule has 0 saturated heterocycles. The number of nitrogens with zero attached hydrogens (tertiary/aromatic N) is 1. The molecule has 0 spiro atoms. The van der Waals surface area contributed by atoms with E-state index in [0.29, 0.717) is 11.1 Å². The van der Waals surface area contributed by atoms with Crippen molar-refractivity contribution in [1.82, 2.24) is 5.32 Å². The highest BCUT2D eigenvalue weighted by Gasteiger charge is 2.21. The second-order valence-electron chi connectivity index (χ2n) is 9.91. The second kappa shape index (κ2) is 11.4. The number of methoxy groups -OCH3 is 1. The molecule has 1 aliphatic rings. The van der Waals surface area contributed by atoms with Gasteiger partial charge in [-0.1, -0.05) is 60.7 Å². The average Bonchev–Trinajstić information content (AvgIpc) is 2.97. The zero-order valence-electron chi connectivity index (χ0n) is 22.3. The molecule has 2 amide bonds. The number of rotatable bonds is 8. The Morgan fingerprint density at radius 1 is 0.974 bits per heavy atom. The molecule has 0 aromatic heterocycles. The van der Waals surface area contributed by atoms with Gasteiger partial charge < -0.3 is 20.7 Å². The van der Waals surface area contributed by atoms with Crippen molar-refractivity contribution in [3.63, 3.8) is 0 Å². The Morgan fingerprint density at radius 3 is 2.49 bits per heavy atom. The molecule has 5 rings (SSSR count). The number of amides is 2. The summed E-state index contributed by atoms with van der Waals surface area (Å²) in [6.45, 7) is 3.68. The van der Waals surface area contributed by atoms with Crippen LogP contribution >= 0.6 is 0 Å². The van der Waals surface area contributed by atoms with Crippen LogP contribution in [0.5, 0.6) is 5.75 Å². The number of hydrogen-bond donors (Lipinski definition) is 2. The number of fused-ring (bicyclic) bond motifs is 1. The molecular weight excluding hydrogens is 486 g/mol. The standard InChI is InChI=1S/C33H33N3O3/c1-22(27-9-5-6-12-31(27)39-2)35-33(38)26-17-18-30-25(20-26)8-7-19-36(30)21-23-13-15-24(16-14-23)28-10-3-4-11-29(28)32(34)37/h3-6,9-18,20,22H,7-8,19,21H2,1-2H3,(H2,34,37)(H,35,38)/t22-/m0/s1. The summed E-state index contributed by atoms with van der Waals surface area (Å²) >= 11 is 0. The minimum Gasteiger partial charge on any atom is -0.496 e. The number of nitrogens with two attached hydrogens (primary N) is 1. The van der Waals surface area contributed by atoms with Gasteiger partial charge in [-0.25, -0.2) is 0 Å². The highest BCUT2D eigenvalue weighted by Crippen LogP contribution is 2.31. The number of ether oxygens (including phenoxy) is 1. The quantitative estimate of drug-likeness (QED) is 0.303. The molecule has 1 aliphatic heterocycles. The van der Waals surface area contributed by atoms with Crippen LogP contribution in [-0.2, 0) is 13.0 Å². The Morgan fingerprint density at radius 2 is 1.72 bits per heavy atom. The van der Waals surface area contributed by atoms with E-state index < -0.39 is 5.91 Å². The van der Waals surface area contributed by atoms with Crippen LogP contribution in [0, 0.1) is 0 Å². The predicted molar refractivity (Wildman–Crippen MR) is 155 cm³/mol. The number of carbonyl (C=O) groups is 2. The summed E-state index contributed by atoms with van der Waals surface area (Å²) in [6, 6.07) is 29.2. The van der Waals surface area contributed by atoms with Gasteiger partial charge in [-0.3, -0.25) is 9.59 Å². The van der Waals surface area contributed by atoms with Gasteiger partial charge in [0.15, 0.2) is 0 Å². The van der Waals surface area contributed by atoms with E-state index in [0.717, 1.165) is 48.4 Å². The van der Waals surface area contributed by atoms with Crippen LogP contribution in [0.25, 0.3) is 11.1 Å². The SMILES string of the molecule is COc1ccccc1[C@H](C)NC(=O)c1ccc2c(c1)CCCN2Cc1ccc(-c2ccccc2C(N)=O)cc1. The van der Waals surface area contributed by atoms with Crippen molar-refractivity contribution in [3.8, 4) is 16.9 Å². The molecule has 0 bridgehead atoms. The van der Waals surface area contributed by atoms with E-state index in [1.165, 1.54) is 16.8 Å². The van der Waals surface area contributed by atoms with Crippen LogP contribution in [0.4, 0.5) is 5.69 Å². The summed E-state index contributed by atoms with van der Waals surface area (Å²) < 4.78 is 5.46. The van der Waals surface area contributed by atoms with E-state index >= 15 is 0 Å². The average molecular weight is 520 g/mol. The zero-order chi connectivity index (χ0) is 27.4. The molecule has 0 saturated carbocycles. The number of para-hydroxylation sites is 1. The van der Waals surface area contributed by atoms with Crippen molar-refractivity contribution in [2.24, 2.45) is 5.73 Å². The second-order valence-corrected chi connectivity index (χ2v) is 9.91. The third kappa shape index (κ3) is 5.65. The highest BCUT2D eigenvalue weighted by atomic mass is 16.5. The van der Waals surface area contributed by atoms with Crippen molar-refractivity contribution in [1.29, 1.82) is 0 Å². The molecule has 0 radical (unpaired) electrons. The van der Waals surface area contributed by atoms with Crippen LogP contribution in [0.2, 0.25) is 0 Å². The maximum atomic E-state index is 13.1.